The van der Waals surface area contributed by atoms with Gasteiger partial charge in [0.25, 0.3) is 0 Å². The lowest BCUT2D eigenvalue weighted by molar-refractivity contribution is 0.169. The second-order valence-electron chi connectivity index (χ2n) is 8.54. The van der Waals surface area contributed by atoms with E-state index in [1.807, 2.05) is 13.3 Å². The van der Waals surface area contributed by atoms with E-state index in [1.165, 1.54) is 37.5 Å². The van der Waals surface area contributed by atoms with E-state index in [-0.39, 0.29) is 18.3 Å². The minimum absolute atomic E-state index is 0.00966. The molecule has 32 heavy (non-hydrogen) atoms. The van der Waals surface area contributed by atoms with E-state index in [4.69, 9.17) is 4.98 Å². The summed E-state index contributed by atoms with van der Waals surface area (Å²) >= 11 is 0. The van der Waals surface area contributed by atoms with Crippen LogP contribution >= 0.6 is 0 Å². The van der Waals surface area contributed by atoms with Crippen LogP contribution in [-0.2, 0) is 6.54 Å². The summed E-state index contributed by atoms with van der Waals surface area (Å²) in [6.45, 7) is 3.90. The Balaban J connectivity index is 1.70. The number of nitrogens with zero attached hydrogens (tertiary/aromatic N) is 4. The number of aliphatic hydroxyl groups is 1. The van der Waals surface area contributed by atoms with Gasteiger partial charge in [-0.1, -0.05) is 26.2 Å². The number of anilines is 2. The van der Waals surface area contributed by atoms with Gasteiger partial charge in [0, 0.05) is 18.2 Å². The van der Waals surface area contributed by atoms with Crippen LogP contribution in [0.15, 0.2) is 24.5 Å². The summed E-state index contributed by atoms with van der Waals surface area (Å²) < 4.78 is 15.8. The minimum atomic E-state index is -0.566. The summed E-state index contributed by atoms with van der Waals surface area (Å²) in [7, 11) is 0. The lowest BCUT2D eigenvalue weighted by atomic mass is 9.95. The molecule has 4 N–H and O–H groups in total. The summed E-state index contributed by atoms with van der Waals surface area (Å²) in [5.41, 5.74) is 1.77. The molecule has 4 rings (SSSR count). The van der Waals surface area contributed by atoms with Gasteiger partial charge in [-0.3, -0.25) is 0 Å². The number of phenolic OH excluding ortho intramolecular Hbond substituents is 1. The number of aromatic hydroxyl groups is 1. The third kappa shape index (κ3) is 4.77. The number of aliphatic hydroxyl groups excluding tert-OH is 1. The monoisotopic (exact) mass is 442 g/mol. The van der Waals surface area contributed by atoms with Crippen molar-refractivity contribution in [2.45, 2.75) is 77.1 Å². The molecule has 2 aromatic heterocycles. The van der Waals surface area contributed by atoms with E-state index >= 15 is 0 Å². The summed E-state index contributed by atoms with van der Waals surface area (Å²) in [6, 6.07) is 3.99. The van der Waals surface area contributed by atoms with Gasteiger partial charge < -0.3 is 25.4 Å². The summed E-state index contributed by atoms with van der Waals surface area (Å²) in [5, 5.41) is 26.6. The average molecular weight is 443 g/mol. The number of hydrogen-bond donors (Lipinski definition) is 4. The molecule has 3 aromatic rings. The van der Waals surface area contributed by atoms with Gasteiger partial charge in [-0.2, -0.15) is 9.97 Å². The molecule has 0 saturated heterocycles. The quantitative estimate of drug-likeness (QED) is 0.410. The predicted octanol–water partition coefficient (Wildman–Crippen LogP) is 4.36. The Hall–Kier alpha value is -2.94. The van der Waals surface area contributed by atoms with E-state index in [2.05, 4.69) is 25.2 Å². The van der Waals surface area contributed by atoms with Gasteiger partial charge in [0.15, 0.2) is 17.0 Å². The Morgan fingerprint density at radius 3 is 2.72 bits per heavy atom. The first kappa shape index (κ1) is 22.3. The second-order valence-corrected chi connectivity index (χ2v) is 8.54. The molecular formula is C23H31FN6O2. The summed E-state index contributed by atoms with van der Waals surface area (Å²) in [5.74, 6) is 0.486. The zero-order valence-corrected chi connectivity index (χ0v) is 18.6. The molecule has 2 unspecified atom stereocenters. The summed E-state index contributed by atoms with van der Waals surface area (Å²) in [6.07, 6.45) is 7.75. The van der Waals surface area contributed by atoms with Crippen molar-refractivity contribution in [1.29, 1.82) is 0 Å². The van der Waals surface area contributed by atoms with E-state index in [0.717, 1.165) is 18.5 Å². The first-order valence-electron chi connectivity index (χ1n) is 11.4. The Morgan fingerprint density at radius 2 is 2.00 bits per heavy atom. The Morgan fingerprint density at radius 1 is 1.22 bits per heavy atom. The van der Waals surface area contributed by atoms with Gasteiger partial charge in [-0.25, -0.2) is 9.37 Å². The number of halogens is 1. The molecule has 9 heteroatoms. The number of benzene rings is 1. The normalized spacial score (nSPS) is 16.8. The van der Waals surface area contributed by atoms with Crippen LogP contribution in [0.4, 0.5) is 16.2 Å². The fraction of sp³-hybridized carbons (Fsp3) is 0.522. The van der Waals surface area contributed by atoms with E-state index < -0.39 is 11.9 Å². The molecule has 0 aliphatic heterocycles. The van der Waals surface area contributed by atoms with E-state index in [9.17, 15) is 14.6 Å². The molecule has 172 valence electrons. The van der Waals surface area contributed by atoms with E-state index in [1.54, 1.807) is 6.92 Å². The highest BCUT2D eigenvalue weighted by atomic mass is 19.1. The highest BCUT2D eigenvalue weighted by molar-refractivity contribution is 5.84. The molecule has 0 spiro atoms. The highest BCUT2D eigenvalue weighted by Crippen LogP contribution is 2.32. The Labute approximate surface area is 186 Å². The van der Waals surface area contributed by atoms with Crippen LogP contribution in [0.25, 0.3) is 11.2 Å². The topological polar surface area (TPSA) is 108 Å². The molecule has 1 aliphatic rings. The van der Waals surface area contributed by atoms with Gasteiger partial charge in [0.05, 0.1) is 18.5 Å². The predicted molar refractivity (Wildman–Crippen MR) is 122 cm³/mol. The van der Waals surface area contributed by atoms with Crippen LogP contribution in [0.5, 0.6) is 5.75 Å². The number of phenols is 1. The number of hydrogen-bond acceptors (Lipinski definition) is 7. The van der Waals surface area contributed by atoms with Crippen molar-refractivity contribution in [3.63, 3.8) is 0 Å². The third-order valence-electron chi connectivity index (χ3n) is 6.21. The fourth-order valence-corrected chi connectivity index (χ4v) is 4.33. The molecule has 8 nitrogen and oxygen atoms in total. The van der Waals surface area contributed by atoms with Crippen molar-refractivity contribution in [3.8, 4) is 5.75 Å². The first-order valence-corrected chi connectivity index (χ1v) is 11.4. The molecule has 2 heterocycles. The van der Waals surface area contributed by atoms with E-state index in [0.29, 0.717) is 35.3 Å². The zero-order valence-electron chi connectivity index (χ0n) is 18.6. The SMILES string of the molecule is CCC(Nc1nc(NCc2cc(F)ccc2O)c2ncn(C3CCCCC3)c2n1)C(C)O. The third-order valence-corrected chi connectivity index (χ3v) is 6.21. The van der Waals surface area contributed by atoms with Crippen molar-refractivity contribution in [2.24, 2.45) is 0 Å². The molecule has 1 saturated carbocycles. The molecule has 0 radical (unpaired) electrons. The minimum Gasteiger partial charge on any atom is -0.508 e. The number of rotatable bonds is 8. The zero-order chi connectivity index (χ0) is 22.7. The van der Waals surface area contributed by atoms with Crippen molar-refractivity contribution >= 4 is 22.9 Å². The molecule has 1 aliphatic carbocycles. The maximum atomic E-state index is 13.6. The maximum absolute atomic E-state index is 13.6. The average Bonchev–Trinajstić information content (AvgIpc) is 3.22. The second kappa shape index (κ2) is 9.68. The van der Waals surface area contributed by atoms with Crippen LogP contribution in [0.3, 0.4) is 0 Å². The smallest absolute Gasteiger partial charge is 0.227 e. The molecule has 0 amide bonds. The van der Waals surface area contributed by atoms with Gasteiger partial charge in [0.2, 0.25) is 5.95 Å². The fourth-order valence-electron chi connectivity index (χ4n) is 4.33. The van der Waals surface area contributed by atoms with Gasteiger partial charge in [-0.05, 0) is 44.4 Å². The van der Waals surface area contributed by atoms with Gasteiger partial charge in [-0.15, -0.1) is 0 Å². The van der Waals surface area contributed by atoms with Gasteiger partial charge in [0.1, 0.15) is 11.6 Å². The first-order chi connectivity index (χ1) is 15.5. The lowest BCUT2D eigenvalue weighted by Crippen LogP contribution is -2.31. The molecule has 1 fully saturated rings. The van der Waals surface area contributed by atoms with Crippen LogP contribution in [0.2, 0.25) is 0 Å². The van der Waals surface area contributed by atoms with Crippen molar-refractivity contribution in [3.05, 3.63) is 35.9 Å². The number of aromatic nitrogens is 4. The Bertz CT molecular complexity index is 1060. The molecular weight excluding hydrogens is 411 g/mol. The van der Waals surface area contributed by atoms with Crippen molar-refractivity contribution < 1.29 is 14.6 Å². The van der Waals surface area contributed by atoms with Crippen LogP contribution < -0.4 is 10.6 Å². The maximum Gasteiger partial charge on any atom is 0.227 e. The van der Waals surface area contributed by atoms with Crippen molar-refractivity contribution in [2.75, 3.05) is 10.6 Å². The molecule has 0 bridgehead atoms. The largest absolute Gasteiger partial charge is 0.508 e. The number of imidazole rings is 1. The molecule has 1 aromatic carbocycles. The van der Waals surface area contributed by atoms with Crippen LogP contribution in [0.1, 0.15) is 64.0 Å². The van der Waals surface area contributed by atoms with Crippen molar-refractivity contribution in [1.82, 2.24) is 19.5 Å². The van der Waals surface area contributed by atoms with Gasteiger partial charge >= 0.3 is 0 Å². The lowest BCUT2D eigenvalue weighted by Gasteiger charge is -2.24. The standard InChI is InChI=1S/C23H31FN6O2/c1-3-18(14(2)31)27-23-28-21(25-12-15-11-16(24)9-10-19(15)32)20-22(29-23)30(13-26-20)17-7-5-4-6-8-17/h9-11,13-14,17-18,31-32H,3-8,12H2,1-2H3,(H2,25,27,28,29). The number of fused-ring (bicyclic) bond motifs is 1. The molecule has 2 atom stereocenters. The summed E-state index contributed by atoms with van der Waals surface area (Å²) in [4.78, 5) is 13.9. The highest BCUT2D eigenvalue weighted by Gasteiger charge is 2.22. The number of nitrogens with one attached hydrogen (secondary N) is 2. The van der Waals surface area contributed by atoms with Crippen LogP contribution in [0, 0.1) is 5.82 Å². The Kier molecular flexibility index (Phi) is 6.74. The van der Waals surface area contributed by atoms with Crippen LogP contribution in [-0.4, -0.2) is 41.9 Å².